The summed E-state index contributed by atoms with van der Waals surface area (Å²) >= 11 is 0. The first-order chi connectivity index (χ1) is 8.29. The molecule has 2 rings (SSSR count). The zero-order valence-electron chi connectivity index (χ0n) is 10.2. The minimum absolute atomic E-state index is 0.235. The van der Waals surface area contributed by atoms with Crippen molar-refractivity contribution < 1.29 is 0 Å². The van der Waals surface area contributed by atoms with E-state index in [4.69, 9.17) is 0 Å². The molecule has 0 bridgehead atoms. The topological polar surface area (TPSA) is 37.8 Å². The van der Waals surface area contributed by atoms with Crippen molar-refractivity contribution in [2.45, 2.75) is 19.4 Å². The molecule has 0 radical (unpaired) electrons. The number of likely N-dealkylation sites (N-methyl/N-ethyl adjacent to an activating group) is 1. The Bertz CT molecular complexity index is 468. The van der Waals surface area contributed by atoms with Crippen molar-refractivity contribution in [3.05, 3.63) is 59.7 Å². The number of benzene rings is 1. The Balaban J connectivity index is 2.17. The zero-order valence-corrected chi connectivity index (χ0v) is 10.2. The van der Waals surface area contributed by atoms with E-state index in [9.17, 15) is 0 Å². The molecule has 0 spiro atoms. The van der Waals surface area contributed by atoms with Crippen molar-refractivity contribution in [2.24, 2.45) is 0 Å². The molecule has 1 heterocycles. The third-order valence-corrected chi connectivity index (χ3v) is 2.79. The fourth-order valence-electron chi connectivity index (χ4n) is 1.87. The molecule has 1 atom stereocenters. The molecule has 88 valence electrons. The number of hydrogen-bond acceptors (Lipinski definition) is 3. The largest absolute Gasteiger partial charge is 0.311 e. The summed E-state index contributed by atoms with van der Waals surface area (Å²) in [5, 5.41) is 3.30. The van der Waals surface area contributed by atoms with Crippen LogP contribution in [0.1, 0.15) is 23.1 Å². The van der Waals surface area contributed by atoms with Crippen LogP contribution in [0.25, 0.3) is 0 Å². The Kier molecular flexibility index (Phi) is 3.83. The summed E-state index contributed by atoms with van der Waals surface area (Å²) in [6.45, 7) is 1.92. The summed E-state index contributed by atoms with van der Waals surface area (Å²) in [5.74, 6) is 0.816. The molecule has 0 saturated carbocycles. The van der Waals surface area contributed by atoms with Gasteiger partial charge >= 0.3 is 0 Å². The van der Waals surface area contributed by atoms with Gasteiger partial charge in [0.2, 0.25) is 0 Å². The molecule has 0 saturated heterocycles. The lowest BCUT2D eigenvalue weighted by Crippen LogP contribution is -2.20. The predicted molar refractivity (Wildman–Crippen MR) is 68.7 cm³/mol. The zero-order chi connectivity index (χ0) is 12.1. The van der Waals surface area contributed by atoms with Crippen molar-refractivity contribution in [3.8, 4) is 0 Å². The molecule has 0 aliphatic carbocycles. The minimum atomic E-state index is 0.235. The van der Waals surface area contributed by atoms with E-state index in [-0.39, 0.29) is 6.04 Å². The van der Waals surface area contributed by atoms with E-state index >= 15 is 0 Å². The van der Waals surface area contributed by atoms with Gasteiger partial charge in [0.1, 0.15) is 5.82 Å². The maximum Gasteiger partial charge on any atom is 0.125 e. The summed E-state index contributed by atoms with van der Waals surface area (Å²) in [6, 6.07) is 12.6. The molecule has 0 aliphatic rings. The maximum atomic E-state index is 4.47. The van der Waals surface area contributed by atoms with E-state index in [0.29, 0.717) is 0 Å². The second-order valence-electron chi connectivity index (χ2n) is 4.06. The molecular weight excluding hydrogens is 210 g/mol. The van der Waals surface area contributed by atoms with Gasteiger partial charge in [-0.2, -0.15) is 0 Å². The van der Waals surface area contributed by atoms with Crippen LogP contribution < -0.4 is 5.32 Å². The lowest BCUT2D eigenvalue weighted by Gasteiger charge is -2.15. The van der Waals surface area contributed by atoms with Gasteiger partial charge in [0, 0.05) is 6.20 Å². The van der Waals surface area contributed by atoms with Crippen LogP contribution in [-0.2, 0) is 6.42 Å². The Morgan fingerprint density at radius 2 is 1.94 bits per heavy atom. The van der Waals surface area contributed by atoms with E-state index in [1.54, 1.807) is 0 Å². The van der Waals surface area contributed by atoms with Gasteiger partial charge in [0.25, 0.3) is 0 Å². The summed E-state index contributed by atoms with van der Waals surface area (Å²) in [6.07, 6.45) is 2.75. The summed E-state index contributed by atoms with van der Waals surface area (Å²) < 4.78 is 0. The van der Waals surface area contributed by atoms with Gasteiger partial charge in [-0.25, -0.2) is 9.97 Å². The van der Waals surface area contributed by atoms with Gasteiger partial charge in [-0.3, -0.25) is 0 Å². The van der Waals surface area contributed by atoms with E-state index in [1.165, 1.54) is 5.56 Å². The fourth-order valence-corrected chi connectivity index (χ4v) is 1.87. The lowest BCUT2D eigenvalue weighted by molar-refractivity contribution is 0.572. The Hall–Kier alpha value is -1.74. The highest BCUT2D eigenvalue weighted by Gasteiger charge is 2.11. The van der Waals surface area contributed by atoms with Crippen LogP contribution in [0.5, 0.6) is 0 Å². The molecule has 1 N–H and O–H groups in total. The van der Waals surface area contributed by atoms with Crippen molar-refractivity contribution in [3.63, 3.8) is 0 Å². The van der Waals surface area contributed by atoms with Gasteiger partial charge < -0.3 is 5.32 Å². The monoisotopic (exact) mass is 227 g/mol. The highest BCUT2D eigenvalue weighted by Crippen LogP contribution is 2.15. The smallest absolute Gasteiger partial charge is 0.125 e. The number of nitrogens with one attached hydrogen (secondary N) is 1. The second kappa shape index (κ2) is 5.55. The third kappa shape index (κ3) is 3.11. The van der Waals surface area contributed by atoms with Crippen molar-refractivity contribution in [1.82, 2.24) is 15.3 Å². The van der Waals surface area contributed by atoms with Gasteiger partial charge in [-0.05, 0) is 32.0 Å². The Morgan fingerprint density at radius 1 is 1.18 bits per heavy atom. The fraction of sp³-hybridized carbons (Fsp3) is 0.286. The van der Waals surface area contributed by atoms with Crippen molar-refractivity contribution >= 4 is 0 Å². The maximum absolute atomic E-state index is 4.47. The van der Waals surface area contributed by atoms with Gasteiger partial charge in [-0.1, -0.05) is 30.3 Å². The predicted octanol–water partition coefficient (Wildman–Crippen LogP) is 2.29. The Labute approximate surface area is 102 Å². The Morgan fingerprint density at radius 3 is 2.59 bits per heavy atom. The number of rotatable bonds is 4. The number of aryl methyl sites for hydroxylation is 1. The molecule has 1 unspecified atom stereocenters. The van der Waals surface area contributed by atoms with Crippen LogP contribution >= 0.6 is 0 Å². The molecule has 3 nitrogen and oxygen atoms in total. The van der Waals surface area contributed by atoms with E-state index in [1.807, 2.05) is 32.3 Å². The van der Waals surface area contributed by atoms with Crippen LogP contribution in [0.15, 0.2) is 42.6 Å². The van der Waals surface area contributed by atoms with Crippen LogP contribution in [0.2, 0.25) is 0 Å². The molecular formula is C14H17N3. The molecule has 0 fully saturated rings. The summed E-state index contributed by atoms with van der Waals surface area (Å²) in [4.78, 5) is 8.59. The first kappa shape index (κ1) is 11.7. The first-order valence-corrected chi connectivity index (χ1v) is 5.80. The average Bonchev–Trinajstić information content (AvgIpc) is 2.37. The van der Waals surface area contributed by atoms with Gasteiger partial charge in [0.15, 0.2) is 0 Å². The number of nitrogens with zero attached hydrogens (tertiary/aromatic N) is 2. The quantitative estimate of drug-likeness (QED) is 0.870. The lowest BCUT2D eigenvalue weighted by atomic mass is 10.0. The summed E-state index contributed by atoms with van der Waals surface area (Å²) in [7, 11) is 1.96. The van der Waals surface area contributed by atoms with Crippen LogP contribution in [0.4, 0.5) is 0 Å². The molecule has 0 amide bonds. The molecule has 2 aromatic rings. The number of hydrogen-bond donors (Lipinski definition) is 1. The van der Waals surface area contributed by atoms with Crippen LogP contribution in [-0.4, -0.2) is 17.0 Å². The normalized spacial score (nSPS) is 12.4. The molecule has 17 heavy (non-hydrogen) atoms. The highest BCUT2D eigenvalue weighted by molar-refractivity contribution is 5.19. The van der Waals surface area contributed by atoms with E-state index < -0.39 is 0 Å². The average molecular weight is 227 g/mol. The molecule has 1 aromatic carbocycles. The molecule has 3 heteroatoms. The highest BCUT2D eigenvalue weighted by atomic mass is 14.9. The standard InChI is InChI=1S/C14H17N3/c1-11-16-9-8-13(17-11)14(15-2)10-12-6-4-3-5-7-12/h3-9,14-15H,10H2,1-2H3. The van der Waals surface area contributed by atoms with Crippen LogP contribution in [0.3, 0.4) is 0 Å². The molecule has 0 aliphatic heterocycles. The number of aromatic nitrogens is 2. The minimum Gasteiger partial charge on any atom is -0.311 e. The first-order valence-electron chi connectivity index (χ1n) is 5.80. The van der Waals surface area contributed by atoms with Gasteiger partial charge in [0.05, 0.1) is 11.7 Å². The second-order valence-corrected chi connectivity index (χ2v) is 4.06. The molecule has 1 aromatic heterocycles. The third-order valence-electron chi connectivity index (χ3n) is 2.79. The van der Waals surface area contributed by atoms with Crippen LogP contribution in [0, 0.1) is 6.92 Å². The van der Waals surface area contributed by atoms with E-state index in [2.05, 4.69) is 39.6 Å². The van der Waals surface area contributed by atoms with Crippen molar-refractivity contribution in [2.75, 3.05) is 7.05 Å². The SMILES string of the molecule is CNC(Cc1ccccc1)c1ccnc(C)n1. The van der Waals surface area contributed by atoms with Gasteiger partial charge in [-0.15, -0.1) is 0 Å². The summed E-state index contributed by atoms with van der Waals surface area (Å²) in [5.41, 5.74) is 2.35. The van der Waals surface area contributed by atoms with Crippen molar-refractivity contribution in [1.29, 1.82) is 0 Å². The van der Waals surface area contributed by atoms with E-state index in [0.717, 1.165) is 17.9 Å².